The van der Waals surface area contributed by atoms with Gasteiger partial charge in [0, 0.05) is 12.1 Å². The van der Waals surface area contributed by atoms with Crippen LogP contribution >= 0.6 is 0 Å². The second-order valence-electron chi connectivity index (χ2n) is 5.68. The van der Waals surface area contributed by atoms with Crippen molar-refractivity contribution in [2.75, 3.05) is 11.9 Å². The molecule has 2 rings (SSSR count). The summed E-state index contributed by atoms with van der Waals surface area (Å²) in [4.78, 5) is 12.1. The number of carbonyl (C=O) groups excluding carboxylic acids is 1. The van der Waals surface area contributed by atoms with E-state index in [9.17, 15) is 22.0 Å². The van der Waals surface area contributed by atoms with Crippen LogP contribution in [0.4, 0.5) is 14.5 Å². The lowest BCUT2D eigenvalue weighted by Crippen LogP contribution is -2.25. The molecule has 0 aromatic heterocycles. The summed E-state index contributed by atoms with van der Waals surface area (Å²) in [5.41, 5.74) is -0.468. The number of halogens is 2. The number of amides is 1. The lowest BCUT2D eigenvalue weighted by molar-refractivity contribution is 0.102. The molecule has 5 nitrogen and oxygen atoms in total. The lowest BCUT2D eigenvalue weighted by Gasteiger charge is -2.09. The molecule has 0 aliphatic heterocycles. The highest BCUT2D eigenvalue weighted by Crippen LogP contribution is 2.19. The molecule has 2 aromatic carbocycles. The average molecular weight is 382 g/mol. The van der Waals surface area contributed by atoms with Gasteiger partial charge < -0.3 is 5.32 Å². The molecule has 0 fully saturated rings. The summed E-state index contributed by atoms with van der Waals surface area (Å²) in [6, 6.07) is 8.36. The molecule has 0 atom stereocenters. The number of carbonyl (C=O) groups is 1. The smallest absolute Gasteiger partial charge is 0.255 e. The SMILES string of the molecule is CCCCCNS(=O)(=O)c1ccc(C(=O)Nc2c(F)cccc2F)cc1. The highest BCUT2D eigenvalue weighted by Gasteiger charge is 2.16. The molecule has 0 heterocycles. The van der Waals surface area contributed by atoms with Gasteiger partial charge in [-0.2, -0.15) is 0 Å². The van der Waals surface area contributed by atoms with Crippen LogP contribution in [0.2, 0.25) is 0 Å². The van der Waals surface area contributed by atoms with Crippen molar-refractivity contribution < 1.29 is 22.0 Å². The van der Waals surface area contributed by atoms with Crippen LogP contribution in [-0.2, 0) is 10.0 Å². The van der Waals surface area contributed by atoms with Crippen LogP contribution in [0.3, 0.4) is 0 Å². The van der Waals surface area contributed by atoms with Crippen molar-refractivity contribution in [3.63, 3.8) is 0 Å². The average Bonchev–Trinajstić information content (AvgIpc) is 2.62. The van der Waals surface area contributed by atoms with E-state index in [-0.39, 0.29) is 10.5 Å². The number of sulfonamides is 1. The first kappa shape index (κ1) is 20.0. The highest BCUT2D eigenvalue weighted by atomic mass is 32.2. The van der Waals surface area contributed by atoms with Gasteiger partial charge in [-0.3, -0.25) is 4.79 Å². The second-order valence-corrected chi connectivity index (χ2v) is 7.45. The van der Waals surface area contributed by atoms with Crippen LogP contribution < -0.4 is 10.0 Å². The molecule has 26 heavy (non-hydrogen) atoms. The molecule has 0 aliphatic rings. The molecule has 140 valence electrons. The number of hydrogen-bond donors (Lipinski definition) is 2. The fourth-order valence-electron chi connectivity index (χ4n) is 2.25. The van der Waals surface area contributed by atoms with Crippen molar-refractivity contribution in [2.45, 2.75) is 31.1 Å². The van der Waals surface area contributed by atoms with Gasteiger partial charge in [-0.15, -0.1) is 0 Å². The number of unbranched alkanes of at least 4 members (excludes halogenated alkanes) is 2. The maximum Gasteiger partial charge on any atom is 0.255 e. The van der Waals surface area contributed by atoms with E-state index in [1.807, 2.05) is 6.92 Å². The van der Waals surface area contributed by atoms with Crippen molar-refractivity contribution in [3.05, 3.63) is 59.7 Å². The molecule has 1 amide bonds. The van der Waals surface area contributed by atoms with Crippen LogP contribution in [0, 0.1) is 11.6 Å². The van der Waals surface area contributed by atoms with Gasteiger partial charge in [-0.1, -0.05) is 25.8 Å². The number of hydrogen-bond acceptors (Lipinski definition) is 3. The first-order valence-corrected chi connectivity index (χ1v) is 9.68. The molecule has 0 saturated heterocycles. The van der Waals surface area contributed by atoms with E-state index >= 15 is 0 Å². The summed E-state index contributed by atoms with van der Waals surface area (Å²) >= 11 is 0. The largest absolute Gasteiger partial charge is 0.317 e. The normalized spacial score (nSPS) is 11.3. The molecule has 0 radical (unpaired) electrons. The zero-order valence-corrected chi connectivity index (χ0v) is 15.1. The summed E-state index contributed by atoms with van der Waals surface area (Å²) in [5.74, 6) is -2.53. The van der Waals surface area contributed by atoms with E-state index in [0.29, 0.717) is 6.54 Å². The van der Waals surface area contributed by atoms with Gasteiger partial charge in [-0.05, 0) is 42.8 Å². The predicted octanol–water partition coefficient (Wildman–Crippen LogP) is 3.69. The Morgan fingerprint density at radius 3 is 2.19 bits per heavy atom. The van der Waals surface area contributed by atoms with Crippen molar-refractivity contribution in [2.24, 2.45) is 0 Å². The maximum absolute atomic E-state index is 13.6. The third-order valence-corrected chi connectivity index (χ3v) is 5.18. The highest BCUT2D eigenvalue weighted by molar-refractivity contribution is 7.89. The molecular formula is C18H20F2N2O3S. The Balaban J connectivity index is 2.08. The van der Waals surface area contributed by atoms with Crippen LogP contribution in [0.1, 0.15) is 36.5 Å². The van der Waals surface area contributed by atoms with Gasteiger partial charge in [0.2, 0.25) is 10.0 Å². The van der Waals surface area contributed by atoms with E-state index in [1.54, 1.807) is 0 Å². The summed E-state index contributed by atoms with van der Waals surface area (Å²) in [6.07, 6.45) is 2.65. The summed E-state index contributed by atoms with van der Waals surface area (Å²) in [6.45, 7) is 2.36. The first-order chi connectivity index (χ1) is 12.3. The maximum atomic E-state index is 13.6. The van der Waals surface area contributed by atoms with Gasteiger partial charge in [0.25, 0.3) is 5.91 Å². The van der Waals surface area contributed by atoms with E-state index in [4.69, 9.17) is 0 Å². The number of anilines is 1. The molecule has 2 N–H and O–H groups in total. The Labute approximate surface area is 151 Å². The van der Waals surface area contributed by atoms with Crippen LogP contribution in [0.25, 0.3) is 0 Å². The van der Waals surface area contributed by atoms with Crippen molar-refractivity contribution >= 4 is 21.6 Å². The molecule has 0 spiro atoms. The van der Waals surface area contributed by atoms with Gasteiger partial charge in [-0.25, -0.2) is 21.9 Å². The zero-order valence-electron chi connectivity index (χ0n) is 14.3. The lowest BCUT2D eigenvalue weighted by atomic mass is 10.2. The van der Waals surface area contributed by atoms with Gasteiger partial charge in [0.1, 0.15) is 17.3 Å². The third kappa shape index (κ3) is 5.09. The summed E-state index contributed by atoms with van der Waals surface area (Å²) in [7, 11) is -3.66. The minimum Gasteiger partial charge on any atom is -0.317 e. The fraction of sp³-hybridized carbons (Fsp3) is 0.278. The first-order valence-electron chi connectivity index (χ1n) is 8.20. The minimum atomic E-state index is -3.66. The molecular weight excluding hydrogens is 362 g/mol. The number of para-hydroxylation sites is 1. The Morgan fingerprint density at radius 1 is 1.00 bits per heavy atom. The van der Waals surface area contributed by atoms with E-state index in [0.717, 1.165) is 31.4 Å². The Hall–Kier alpha value is -2.32. The van der Waals surface area contributed by atoms with Gasteiger partial charge in [0.05, 0.1) is 4.90 Å². The van der Waals surface area contributed by atoms with Crippen molar-refractivity contribution in [3.8, 4) is 0 Å². The molecule has 8 heteroatoms. The molecule has 0 saturated carbocycles. The molecule has 0 bridgehead atoms. The quantitative estimate of drug-likeness (QED) is 0.684. The number of nitrogens with one attached hydrogen (secondary N) is 2. The molecule has 2 aromatic rings. The third-order valence-electron chi connectivity index (χ3n) is 3.70. The van der Waals surface area contributed by atoms with E-state index in [1.165, 1.54) is 30.3 Å². The zero-order chi connectivity index (χ0) is 19.2. The predicted molar refractivity (Wildman–Crippen MR) is 95.5 cm³/mol. The molecule has 0 aliphatic carbocycles. The summed E-state index contributed by atoms with van der Waals surface area (Å²) in [5, 5.41) is 2.15. The van der Waals surface area contributed by atoms with Crippen LogP contribution in [0.5, 0.6) is 0 Å². The van der Waals surface area contributed by atoms with E-state index in [2.05, 4.69) is 10.0 Å². The topological polar surface area (TPSA) is 75.3 Å². The Kier molecular flexibility index (Phi) is 6.82. The minimum absolute atomic E-state index is 0.0163. The van der Waals surface area contributed by atoms with Crippen LogP contribution in [-0.4, -0.2) is 20.9 Å². The van der Waals surface area contributed by atoms with Crippen molar-refractivity contribution in [1.82, 2.24) is 4.72 Å². The molecule has 0 unspecified atom stereocenters. The van der Waals surface area contributed by atoms with E-state index < -0.39 is 33.3 Å². The standard InChI is InChI=1S/C18H20F2N2O3S/c1-2-3-4-12-21-26(24,25)14-10-8-13(9-11-14)18(23)22-17-15(19)6-5-7-16(17)20/h5-11,21H,2-4,12H2,1H3,(H,22,23). The number of rotatable bonds is 8. The monoisotopic (exact) mass is 382 g/mol. The Morgan fingerprint density at radius 2 is 1.62 bits per heavy atom. The Bertz CT molecular complexity index is 848. The van der Waals surface area contributed by atoms with Crippen molar-refractivity contribution in [1.29, 1.82) is 0 Å². The number of benzene rings is 2. The van der Waals surface area contributed by atoms with Gasteiger partial charge in [0.15, 0.2) is 0 Å². The van der Waals surface area contributed by atoms with Crippen LogP contribution in [0.15, 0.2) is 47.4 Å². The van der Waals surface area contributed by atoms with Gasteiger partial charge >= 0.3 is 0 Å². The second kappa shape index (κ2) is 8.86. The summed E-state index contributed by atoms with van der Waals surface area (Å²) < 4.78 is 53.9. The fourth-order valence-corrected chi connectivity index (χ4v) is 3.33.